The van der Waals surface area contributed by atoms with Crippen LogP contribution in [0.2, 0.25) is 0 Å². The van der Waals surface area contributed by atoms with Crippen molar-refractivity contribution in [2.45, 2.75) is 51.0 Å². The minimum Gasteiger partial charge on any atom is -0.493 e. The number of rotatable bonds is 3. The second kappa shape index (κ2) is 10.8. The van der Waals surface area contributed by atoms with Gasteiger partial charge in [-0.2, -0.15) is 9.61 Å². The highest BCUT2D eigenvalue weighted by molar-refractivity contribution is 5.97. The van der Waals surface area contributed by atoms with E-state index < -0.39 is 5.82 Å². The van der Waals surface area contributed by atoms with Gasteiger partial charge in [0.15, 0.2) is 5.65 Å². The van der Waals surface area contributed by atoms with Crippen molar-refractivity contribution in [3.63, 3.8) is 0 Å². The van der Waals surface area contributed by atoms with Crippen molar-refractivity contribution in [3.05, 3.63) is 47.4 Å². The molecule has 0 spiro atoms. The molecule has 1 amide bonds. The van der Waals surface area contributed by atoms with Crippen molar-refractivity contribution in [1.82, 2.24) is 19.5 Å². The molecule has 6 rings (SSSR count). The van der Waals surface area contributed by atoms with E-state index in [-0.39, 0.29) is 17.5 Å². The van der Waals surface area contributed by atoms with E-state index in [4.69, 9.17) is 20.6 Å². The van der Waals surface area contributed by atoms with Crippen molar-refractivity contribution < 1.29 is 13.9 Å². The summed E-state index contributed by atoms with van der Waals surface area (Å²) < 4.78 is 22.3. The van der Waals surface area contributed by atoms with E-state index in [2.05, 4.69) is 15.9 Å². The van der Waals surface area contributed by atoms with Crippen LogP contribution in [0, 0.1) is 5.82 Å². The highest BCUT2D eigenvalue weighted by atomic mass is 19.1. The third-order valence-corrected chi connectivity index (χ3v) is 7.92. The number of nitrogens with two attached hydrogens (primary N) is 1. The van der Waals surface area contributed by atoms with Gasteiger partial charge in [-0.1, -0.05) is 0 Å². The Morgan fingerprint density at radius 2 is 1.82 bits per heavy atom. The number of nitrogens with zero attached hydrogens (tertiary/aromatic N) is 6. The van der Waals surface area contributed by atoms with Crippen molar-refractivity contribution in [2.24, 2.45) is 5.73 Å². The lowest BCUT2D eigenvalue weighted by Gasteiger charge is -2.35. The summed E-state index contributed by atoms with van der Waals surface area (Å²) in [6.45, 7) is 5.05. The van der Waals surface area contributed by atoms with Gasteiger partial charge in [-0.15, -0.1) is 0 Å². The molecule has 0 aliphatic carbocycles. The van der Waals surface area contributed by atoms with Crippen LogP contribution in [0.4, 0.5) is 16.0 Å². The fourth-order valence-electron chi connectivity index (χ4n) is 5.98. The van der Waals surface area contributed by atoms with Crippen molar-refractivity contribution in [3.8, 4) is 5.75 Å². The lowest BCUT2D eigenvalue weighted by atomic mass is 9.98. The Kier molecular flexibility index (Phi) is 7.06. The number of fused-ring (bicyclic) bond motifs is 4. The summed E-state index contributed by atoms with van der Waals surface area (Å²) in [6.07, 6.45) is 6.68. The number of carbonyl (C=O) groups excluding carboxylic acids is 1. The summed E-state index contributed by atoms with van der Waals surface area (Å²) >= 11 is 0. The number of hydrogen-bond acceptors (Lipinski definition) is 7. The van der Waals surface area contributed by atoms with Crippen LogP contribution in [-0.4, -0.2) is 71.3 Å². The largest absolute Gasteiger partial charge is 0.493 e. The highest BCUT2D eigenvalue weighted by Crippen LogP contribution is 2.35. The first kappa shape index (κ1) is 24.9. The molecule has 202 valence electrons. The van der Waals surface area contributed by atoms with Gasteiger partial charge in [-0.05, 0) is 63.1 Å². The summed E-state index contributed by atoms with van der Waals surface area (Å²) in [7, 11) is 0. The summed E-state index contributed by atoms with van der Waals surface area (Å²) in [4.78, 5) is 25.3. The lowest BCUT2D eigenvalue weighted by Crippen LogP contribution is -2.39. The normalized spacial score (nSPS) is 20.7. The molecule has 3 aliphatic heterocycles. The number of anilines is 2. The van der Waals surface area contributed by atoms with Crippen LogP contribution >= 0.6 is 0 Å². The summed E-state index contributed by atoms with van der Waals surface area (Å²) in [6, 6.07) is 8.17. The molecule has 0 unspecified atom stereocenters. The minimum atomic E-state index is -0.444. The van der Waals surface area contributed by atoms with Gasteiger partial charge in [0.1, 0.15) is 23.2 Å². The first-order chi connectivity index (χ1) is 18.6. The zero-order valence-corrected chi connectivity index (χ0v) is 21.8. The maximum absolute atomic E-state index is 14.3. The SMILES string of the molecule is NCCN1CCCCOc2ccc(F)cc2C(=O)N2CCCC[C@H]2c2cc3nc(N4CCCC4)cc1n3n2. The predicted molar refractivity (Wildman–Crippen MR) is 144 cm³/mol. The van der Waals surface area contributed by atoms with Crippen molar-refractivity contribution >= 4 is 23.2 Å². The Bertz CT molecular complexity index is 1310. The number of carbonyl (C=O) groups is 1. The van der Waals surface area contributed by atoms with E-state index in [1.165, 1.54) is 25.0 Å². The number of hydrogen-bond donors (Lipinski definition) is 1. The van der Waals surface area contributed by atoms with E-state index in [1.807, 2.05) is 15.5 Å². The molecule has 2 aromatic heterocycles. The van der Waals surface area contributed by atoms with Gasteiger partial charge < -0.3 is 25.2 Å². The molecule has 9 nitrogen and oxygen atoms in total. The average Bonchev–Trinajstić information content (AvgIpc) is 3.62. The minimum absolute atomic E-state index is 0.216. The van der Waals surface area contributed by atoms with Gasteiger partial charge in [-0.25, -0.2) is 9.37 Å². The Hall–Kier alpha value is -3.40. The third kappa shape index (κ3) is 4.77. The topological polar surface area (TPSA) is 92.2 Å². The van der Waals surface area contributed by atoms with E-state index in [0.29, 0.717) is 32.0 Å². The van der Waals surface area contributed by atoms with E-state index in [1.54, 1.807) is 6.07 Å². The zero-order chi connectivity index (χ0) is 26.1. The molecule has 38 heavy (non-hydrogen) atoms. The summed E-state index contributed by atoms with van der Waals surface area (Å²) in [5, 5.41) is 5.05. The van der Waals surface area contributed by atoms with Gasteiger partial charge in [0.05, 0.1) is 23.9 Å². The van der Waals surface area contributed by atoms with Crippen LogP contribution < -0.4 is 20.3 Å². The quantitative estimate of drug-likeness (QED) is 0.561. The molecule has 5 heterocycles. The Labute approximate surface area is 222 Å². The van der Waals surface area contributed by atoms with E-state index in [0.717, 1.165) is 74.7 Å². The van der Waals surface area contributed by atoms with Crippen LogP contribution in [0.25, 0.3) is 5.65 Å². The van der Waals surface area contributed by atoms with Gasteiger partial charge in [0.2, 0.25) is 0 Å². The molecule has 1 atom stereocenters. The number of halogens is 1. The second-order valence-electron chi connectivity index (χ2n) is 10.5. The van der Waals surface area contributed by atoms with Crippen molar-refractivity contribution in [1.29, 1.82) is 0 Å². The first-order valence-electron chi connectivity index (χ1n) is 14.0. The van der Waals surface area contributed by atoms with Crippen LogP contribution in [0.5, 0.6) is 5.75 Å². The number of ether oxygens (including phenoxy) is 1. The molecule has 0 radical (unpaired) electrons. The lowest BCUT2D eigenvalue weighted by molar-refractivity contribution is 0.0601. The molecular weight excluding hydrogens is 485 g/mol. The Morgan fingerprint density at radius 1 is 1.00 bits per heavy atom. The average molecular weight is 522 g/mol. The highest BCUT2D eigenvalue weighted by Gasteiger charge is 2.33. The fourth-order valence-corrected chi connectivity index (χ4v) is 5.98. The standard InChI is InChI=1S/C28H36FN7O2/c29-20-8-9-24-21(17-20)28(37)35-14-2-1-7-23(35)22-18-26-31-25(33-11-3-4-12-33)19-27(36(26)32-22)34(15-10-30)13-5-6-16-38-24/h8-9,17-19,23H,1-7,10-16,30H2/t23-/m0/s1. The molecule has 2 bridgehead atoms. The van der Waals surface area contributed by atoms with Gasteiger partial charge >= 0.3 is 0 Å². The predicted octanol–water partition coefficient (Wildman–Crippen LogP) is 3.77. The molecule has 1 aromatic carbocycles. The van der Waals surface area contributed by atoms with Crippen LogP contribution in [0.15, 0.2) is 30.3 Å². The van der Waals surface area contributed by atoms with Crippen LogP contribution in [-0.2, 0) is 0 Å². The number of amides is 1. The van der Waals surface area contributed by atoms with Crippen LogP contribution in [0.1, 0.15) is 67.0 Å². The first-order valence-corrected chi connectivity index (χ1v) is 14.0. The van der Waals surface area contributed by atoms with Crippen molar-refractivity contribution in [2.75, 3.05) is 55.7 Å². The molecule has 2 N–H and O–H groups in total. The Balaban J connectivity index is 1.48. The molecule has 3 aromatic rings. The van der Waals surface area contributed by atoms with E-state index >= 15 is 0 Å². The van der Waals surface area contributed by atoms with Gasteiger partial charge in [0.25, 0.3) is 5.91 Å². The molecular formula is C28H36FN7O2. The number of piperidine rings is 1. The monoisotopic (exact) mass is 521 g/mol. The molecule has 0 saturated carbocycles. The fraction of sp³-hybridized carbons (Fsp3) is 0.536. The van der Waals surface area contributed by atoms with Gasteiger partial charge in [-0.3, -0.25) is 4.79 Å². The summed E-state index contributed by atoms with van der Waals surface area (Å²) in [5.41, 5.74) is 7.92. The third-order valence-electron chi connectivity index (χ3n) is 7.92. The molecule has 2 fully saturated rings. The van der Waals surface area contributed by atoms with Crippen LogP contribution in [0.3, 0.4) is 0 Å². The maximum Gasteiger partial charge on any atom is 0.258 e. The second-order valence-corrected chi connectivity index (χ2v) is 10.5. The summed E-state index contributed by atoms with van der Waals surface area (Å²) in [5.74, 6) is 1.71. The zero-order valence-electron chi connectivity index (χ0n) is 21.8. The molecule has 2 saturated heterocycles. The Morgan fingerprint density at radius 3 is 2.66 bits per heavy atom. The maximum atomic E-state index is 14.3. The molecule has 3 aliphatic rings. The molecule has 10 heteroatoms. The van der Waals surface area contributed by atoms with Gasteiger partial charge in [0, 0.05) is 51.4 Å². The van der Waals surface area contributed by atoms with E-state index in [9.17, 15) is 9.18 Å². The number of aromatic nitrogens is 3. The smallest absolute Gasteiger partial charge is 0.258 e. The number of benzene rings is 1.